The van der Waals surface area contributed by atoms with Gasteiger partial charge < -0.3 is 52.1 Å². The molecule has 0 fully saturated rings. The molecule has 0 heterocycles. The number of ether oxygens (including phenoxy) is 11. The number of benzene rings is 3. The third kappa shape index (κ3) is 15.0. The highest BCUT2D eigenvalue weighted by Crippen LogP contribution is 2.40. The van der Waals surface area contributed by atoms with Gasteiger partial charge in [0.25, 0.3) is 0 Å². The van der Waals surface area contributed by atoms with Crippen LogP contribution < -0.4 is 37.9 Å². The van der Waals surface area contributed by atoms with Crippen molar-refractivity contribution in [3.63, 3.8) is 0 Å². The summed E-state index contributed by atoms with van der Waals surface area (Å²) in [5.41, 5.74) is -0.0296. The molecule has 0 saturated carbocycles. The minimum absolute atomic E-state index is 0.00507. The Morgan fingerprint density at radius 3 is 1.58 bits per heavy atom. The number of esters is 3. The van der Waals surface area contributed by atoms with Crippen LogP contribution in [0.3, 0.4) is 0 Å². The van der Waals surface area contributed by atoms with Crippen molar-refractivity contribution < 1.29 is 90.6 Å². The highest BCUT2D eigenvalue weighted by molar-refractivity contribution is 5.94. The Morgan fingerprint density at radius 2 is 0.983 bits per heavy atom. The molecule has 3 aromatic carbocycles. The number of hydrogen-bond donors (Lipinski definition) is 0. The quantitative estimate of drug-likeness (QED) is 0.0153. The van der Waals surface area contributed by atoms with Gasteiger partial charge in [-0.25, -0.2) is 28.8 Å². The molecule has 19 nitrogen and oxygen atoms in total. The molecule has 0 amide bonds. The van der Waals surface area contributed by atoms with Crippen LogP contribution in [0, 0.1) is 0 Å². The Kier molecular flexibility index (Phi) is 19.0. The maximum Gasteiger partial charge on any atom is 0.514 e. The lowest BCUT2D eigenvalue weighted by atomic mass is 10.2. The lowest BCUT2D eigenvalue weighted by molar-refractivity contribution is -0.267. The van der Waals surface area contributed by atoms with Crippen molar-refractivity contribution in [1.82, 2.24) is 0 Å². The molecule has 59 heavy (non-hydrogen) atoms. The SMILES string of the molecule is C=CC(=O)OCCCCOC(=O)Oc1ccc(C(=O)Oc2ccc(OC(=O)c3cc(OC)c(OC(=O)OCCCCOOC(=O)C=C)c(OC)c3)c(OC)c2)cc1OC. The summed E-state index contributed by atoms with van der Waals surface area (Å²) < 4.78 is 57.7. The molecule has 0 aliphatic rings. The zero-order valence-corrected chi connectivity index (χ0v) is 32.6. The van der Waals surface area contributed by atoms with Crippen molar-refractivity contribution in [2.24, 2.45) is 0 Å². The molecule has 0 aliphatic heterocycles. The number of carbonyl (C=O) groups excluding carboxylic acids is 6. The van der Waals surface area contributed by atoms with Crippen molar-refractivity contribution in [3.05, 3.63) is 85.0 Å². The average Bonchev–Trinajstić information content (AvgIpc) is 3.24. The van der Waals surface area contributed by atoms with Gasteiger partial charge in [0, 0.05) is 18.2 Å². The van der Waals surface area contributed by atoms with E-state index in [2.05, 4.69) is 22.9 Å². The zero-order valence-electron chi connectivity index (χ0n) is 32.6. The Morgan fingerprint density at radius 1 is 0.492 bits per heavy atom. The standard InChI is InChI=1S/C40H42O19/c1-7-34(41)51-17-9-10-18-52-39(45)57-29-15-13-25(21-30(29)47-3)37(43)55-27-14-16-28(31(24-27)48-4)56-38(44)26-22-32(49-5)36(33(23-26)50-6)58-40(46)53-19-11-12-20-54-59-35(42)8-2/h7-8,13-16,21-24H,1-2,9-12,17-20H2,3-6H3. The van der Waals surface area contributed by atoms with E-state index >= 15 is 0 Å². The predicted molar refractivity (Wildman–Crippen MR) is 201 cm³/mol. The highest BCUT2D eigenvalue weighted by Gasteiger charge is 2.23. The van der Waals surface area contributed by atoms with E-state index in [1.54, 1.807) is 0 Å². The lowest BCUT2D eigenvalue weighted by Crippen LogP contribution is -2.14. The molecule has 0 unspecified atom stereocenters. The van der Waals surface area contributed by atoms with Crippen LogP contribution in [0.4, 0.5) is 9.59 Å². The van der Waals surface area contributed by atoms with Crippen molar-refractivity contribution in [1.29, 1.82) is 0 Å². The van der Waals surface area contributed by atoms with Gasteiger partial charge in [-0.05, 0) is 68.1 Å². The number of methoxy groups -OCH3 is 4. The van der Waals surface area contributed by atoms with Gasteiger partial charge in [-0.1, -0.05) is 13.2 Å². The summed E-state index contributed by atoms with van der Waals surface area (Å²) in [6.07, 6.45) is 1.51. The number of rotatable bonds is 23. The van der Waals surface area contributed by atoms with Gasteiger partial charge >= 0.3 is 36.2 Å². The van der Waals surface area contributed by atoms with E-state index in [0.717, 1.165) is 12.2 Å². The maximum atomic E-state index is 13.3. The van der Waals surface area contributed by atoms with Crippen LogP contribution in [0.15, 0.2) is 73.8 Å². The minimum Gasteiger partial charge on any atom is -0.493 e. The predicted octanol–water partition coefficient (Wildman–Crippen LogP) is 6.14. The maximum absolute atomic E-state index is 13.3. The van der Waals surface area contributed by atoms with Gasteiger partial charge in [-0.3, -0.25) is 4.89 Å². The van der Waals surface area contributed by atoms with Crippen molar-refractivity contribution in [2.45, 2.75) is 25.7 Å². The summed E-state index contributed by atoms with van der Waals surface area (Å²) >= 11 is 0. The first-order valence-electron chi connectivity index (χ1n) is 17.5. The molecule has 0 N–H and O–H groups in total. The minimum atomic E-state index is -1.08. The Labute approximate surface area is 338 Å². The zero-order chi connectivity index (χ0) is 43.2. The fourth-order valence-corrected chi connectivity index (χ4v) is 4.47. The second kappa shape index (κ2) is 24.4. The van der Waals surface area contributed by atoms with Crippen LogP contribution in [-0.2, 0) is 33.6 Å². The van der Waals surface area contributed by atoms with Crippen LogP contribution in [0.5, 0.6) is 46.0 Å². The van der Waals surface area contributed by atoms with E-state index in [0.29, 0.717) is 25.7 Å². The van der Waals surface area contributed by atoms with E-state index in [1.165, 1.54) is 77.0 Å². The molecule has 0 saturated heterocycles. The fraction of sp³-hybridized carbons (Fsp3) is 0.300. The van der Waals surface area contributed by atoms with Crippen LogP contribution in [0.2, 0.25) is 0 Å². The van der Waals surface area contributed by atoms with E-state index in [9.17, 15) is 28.8 Å². The molecule has 0 spiro atoms. The molecule has 316 valence electrons. The largest absolute Gasteiger partial charge is 0.514 e. The summed E-state index contributed by atoms with van der Waals surface area (Å²) in [6.45, 7) is 6.70. The topological polar surface area (TPSA) is 222 Å². The van der Waals surface area contributed by atoms with Crippen LogP contribution in [-0.4, -0.2) is 91.1 Å². The summed E-state index contributed by atoms with van der Waals surface area (Å²) in [5, 5.41) is 0. The monoisotopic (exact) mass is 826 g/mol. The first-order chi connectivity index (χ1) is 28.5. The Hall–Kier alpha value is -7.28. The first-order valence-corrected chi connectivity index (χ1v) is 17.5. The van der Waals surface area contributed by atoms with Gasteiger partial charge in [-0.2, -0.15) is 4.89 Å². The molecule has 0 atom stereocenters. The van der Waals surface area contributed by atoms with Gasteiger partial charge in [-0.15, -0.1) is 0 Å². The third-order valence-corrected chi connectivity index (χ3v) is 7.34. The number of unbranched alkanes of at least 4 members (excludes halogenated alkanes) is 2. The molecule has 3 aromatic rings. The van der Waals surface area contributed by atoms with Crippen LogP contribution in [0.1, 0.15) is 46.4 Å². The number of hydrogen-bond acceptors (Lipinski definition) is 19. The van der Waals surface area contributed by atoms with Crippen molar-refractivity contribution >= 4 is 36.2 Å². The van der Waals surface area contributed by atoms with Gasteiger partial charge in [0.05, 0.1) is 66.0 Å². The lowest BCUT2D eigenvalue weighted by Gasteiger charge is -2.15. The van der Waals surface area contributed by atoms with Gasteiger partial charge in [0.1, 0.15) is 5.75 Å². The molecular formula is C40H42O19. The average molecular weight is 827 g/mol. The van der Waals surface area contributed by atoms with Crippen molar-refractivity contribution in [3.8, 4) is 46.0 Å². The van der Waals surface area contributed by atoms with E-state index < -0.39 is 36.2 Å². The summed E-state index contributed by atoms with van der Waals surface area (Å²) in [5.74, 6) is -3.28. The molecule has 0 aliphatic carbocycles. The third-order valence-electron chi connectivity index (χ3n) is 7.34. The molecular weight excluding hydrogens is 784 g/mol. The van der Waals surface area contributed by atoms with E-state index in [-0.39, 0.29) is 83.6 Å². The Balaban J connectivity index is 1.59. The van der Waals surface area contributed by atoms with Gasteiger partial charge in [0.2, 0.25) is 5.75 Å². The normalized spacial score (nSPS) is 10.2. The molecule has 0 radical (unpaired) electrons. The number of carbonyl (C=O) groups is 6. The highest BCUT2D eigenvalue weighted by atomic mass is 17.2. The van der Waals surface area contributed by atoms with Gasteiger partial charge in [0.15, 0.2) is 34.5 Å². The Bertz CT molecular complexity index is 1950. The first kappa shape index (κ1) is 46.1. The second-order valence-corrected chi connectivity index (χ2v) is 11.3. The summed E-state index contributed by atoms with van der Waals surface area (Å²) in [6, 6.07) is 10.4. The molecule has 0 aromatic heterocycles. The van der Waals surface area contributed by atoms with Crippen molar-refractivity contribution in [2.75, 3.05) is 54.9 Å². The molecule has 0 bridgehead atoms. The van der Waals surface area contributed by atoms with Crippen LogP contribution >= 0.6 is 0 Å². The summed E-state index contributed by atoms with van der Waals surface area (Å²) in [7, 11) is 5.16. The second-order valence-electron chi connectivity index (χ2n) is 11.3. The summed E-state index contributed by atoms with van der Waals surface area (Å²) in [4.78, 5) is 81.9. The van der Waals surface area contributed by atoms with Crippen LogP contribution in [0.25, 0.3) is 0 Å². The van der Waals surface area contributed by atoms with E-state index in [4.69, 9.17) is 52.1 Å². The molecule has 3 rings (SSSR count). The smallest absolute Gasteiger partial charge is 0.493 e. The fourth-order valence-electron chi connectivity index (χ4n) is 4.47. The molecule has 19 heteroatoms. The van der Waals surface area contributed by atoms with E-state index in [1.807, 2.05) is 0 Å².